The Morgan fingerprint density at radius 3 is 2.58 bits per heavy atom. The number of rotatable bonds is 6. The highest BCUT2D eigenvalue weighted by Crippen LogP contribution is 2.05. The highest BCUT2D eigenvalue weighted by Gasteiger charge is 2.14. The van der Waals surface area contributed by atoms with E-state index in [1.807, 2.05) is 0 Å². The molecule has 0 aliphatic rings. The Bertz CT molecular complexity index is 126. The van der Waals surface area contributed by atoms with Crippen LogP contribution < -0.4 is 5.32 Å². The lowest BCUT2D eigenvalue weighted by Crippen LogP contribution is -2.33. The Labute approximate surface area is 74.5 Å². The van der Waals surface area contributed by atoms with Gasteiger partial charge in [0.1, 0.15) is 6.10 Å². The summed E-state index contributed by atoms with van der Waals surface area (Å²) in [5, 5.41) is 2.58. The average Bonchev–Trinajstić information content (AvgIpc) is 2.11. The Morgan fingerprint density at radius 1 is 1.50 bits per heavy atom. The van der Waals surface area contributed by atoms with E-state index in [-0.39, 0.29) is 12.0 Å². The molecule has 1 amide bonds. The molecule has 0 bridgehead atoms. The smallest absolute Gasteiger partial charge is 0.248 e. The van der Waals surface area contributed by atoms with Crippen molar-refractivity contribution < 1.29 is 9.53 Å². The molecule has 0 aromatic carbocycles. The minimum Gasteiger partial charge on any atom is -0.372 e. The van der Waals surface area contributed by atoms with Gasteiger partial charge in [0, 0.05) is 14.2 Å². The van der Waals surface area contributed by atoms with Crippen LogP contribution >= 0.6 is 0 Å². The summed E-state index contributed by atoms with van der Waals surface area (Å²) in [6.07, 6.45) is 3.95. The molecule has 3 nitrogen and oxygen atoms in total. The predicted octanol–water partition coefficient (Wildman–Crippen LogP) is 1.33. The van der Waals surface area contributed by atoms with Crippen LogP contribution in [0.25, 0.3) is 0 Å². The van der Waals surface area contributed by atoms with E-state index in [1.54, 1.807) is 14.2 Å². The van der Waals surface area contributed by atoms with Crippen LogP contribution in [0.4, 0.5) is 0 Å². The highest BCUT2D eigenvalue weighted by molar-refractivity contribution is 5.80. The van der Waals surface area contributed by atoms with Crippen LogP contribution in [-0.2, 0) is 9.53 Å². The molecule has 0 saturated carbocycles. The second-order valence-corrected chi connectivity index (χ2v) is 2.83. The maximum Gasteiger partial charge on any atom is 0.248 e. The van der Waals surface area contributed by atoms with E-state index in [4.69, 9.17) is 4.74 Å². The van der Waals surface area contributed by atoms with Gasteiger partial charge in [-0.2, -0.15) is 0 Å². The zero-order chi connectivity index (χ0) is 9.40. The normalized spacial score (nSPS) is 12.6. The molecule has 0 radical (unpaired) electrons. The second kappa shape index (κ2) is 7.10. The third kappa shape index (κ3) is 4.34. The van der Waals surface area contributed by atoms with Crippen molar-refractivity contribution in [1.82, 2.24) is 5.32 Å². The maximum atomic E-state index is 11.1. The van der Waals surface area contributed by atoms with E-state index in [1.165, 1.54) is 6.42 Å². The van der Waals surface area contributed by atoms with Gasteiger partial charge in [-0.25, -0.2) is 0 Å². The minimum atomic E-state index is -0.262. The number of ether oxygens (including phenoxy) is 1. The van der Waals surface area contributed by atoms with Crippen LogP contribution in [0.3, 0.4) is 0 Å². The Hall–Kier alpha value is -0.570. The summed E-state index contributed by atoms with van der Waals surface area (Å²) in [4.78, 5) is 11.1. The molecule has 3 heteroatoms. The number of methoxy groups -OCH3 is 1. The first-order chi connectivity index (χ1) is 5.76. The van der Waals surface area contributed by atoms with Gasteiger partial charge in [0.2, 0.25) is 5.91 Å². The fraction of sp³-hybridized carbons (Fsp3) is 0.889. The van der Waals surface area contributed by atoms with Crippen molar-refractivity contribution in [2.75, 3.05) is 14.2 Å². The van der Waals surface area contributed by atoms with Crippen LogP contribution in [0.1, 0.15) is 32.6 Å². The fourth-order valence-corrected chi connectivity index (χ4v) is 1.10. The standard InChI is InChI=1S/C9H19NO2/c1-4-5-6-7-8(12-3)9(11)10-2/h8H,4-7H2,1-3H3,(H,10,11). The van der Waals surface area contributed by atoms with E-state index in [0.717, 1.165) is 19.3 Å². The topological polar surface area (TPSA) is 38.3 Å². The zero-order valence-corrected chi connectivity index (χ0v) is 8.22. The van der Waals surface area contributed by atoms with Gasteiger partial charge < -0.3 is 10.1 Å². The molecule has 0 saturated heterocycles. The molecule has 0 rings (SSSR count). The molecular weight excluding hydrogens is 154 g/mol. The van der Waals surface area contributed by atoms with Crippen LogP contribution in [0.5, 0.6) is 0 Å². The molecule has 1 atom stereocenters. The summed E-state index contributed by atoms with van der Waals surface area (Å²) < 4.78 is 5.04. The molecule has 0 aromatic rings. The Kier molecular flexibility index (Phi) is 6.76. The number of likely N-dealkylation sites (N-methyl/N-ethyl adjacent to an activating group) is 1. The summed E-state index contributed by atoms with van der Waals surface area (Å²) >= 11 is 0. The predicted molar refractivity (Wildman–Crippen MR) is 49.0 cm³/mol. The molecule has 0 spiro atoms. The molecular formula is C9H19NO2. The van der Waals surface area contributed by atoms with Gasteiger partial charge in [-0.1, -0.05) is 26.2 Å². The minimum absolute atomic E-state index is 0.0198. The number of unbranched alkanes of at least 4 members (excludes halogenated alkanes) is 2. The average molecular weight is 173 g/mol. The summed E-state index contributed by atoms with van der Waals surface area (Å²) in [7, 11) is 3.21. The highest BCUT2D eigenvalue weighted by atomic mass is 16.5. The van der Waals surface area contributed by atoms with Crippen molar-refractivity contribution in [3.8, 4) is 0 Å². The number of hydrogen-bond acceptors (Lipinski definition) is 2. The number of carbonyl (C=O) groups is 1. The third-order valence-electron chi connectivity index (χ3n) is 1.89. The van der Waals surface area contributed by atoms with E-state index >= 15 is 0 Å². The third-order valence-corrected chi connectivity index (χ3v) is 1.89. The summed E-state index contributed by atoms with van der Waals surface area (Å²) in [6.45, 7) is 2.14. The molecule has 12 heavy (non-hydrogen) atoms. The van der Waals surface area contributed by atoms with Crippen molar-refractivity contribution in [3.05, 3.63) is 0 Å². The first kappa shape index (κ1) is 11.4. The molecule has 0 fully saturated rings. The molecule has 0 aliphatic carbocycles. The van der Waals surface area contributed by atoms with E-state index < -0.39 is 0 Å². The molecule has 0 heterocycles. The lowest BCUT2D eigenvalue weighted by Gasteiger charge is -2.12. The molecule has 1 N–H and O–H groups in total. The van der Waals surface area contributed by atoms with Crippen molar-refractivity contribution in [3.63, 3.8) is 0 Å². The molecule has 0 aromatic heterocycles. The first-order valence-corrected chi connectivity index (χ1v) is 4.50. The monoisotopic (exact) mass is 173 g/mol. The van der Waals surface area contributed by atoms with Crippen molar-refractivity contribution in [2.45, 2.75) is 38.7 Å². The zero-order valence-electron chi connectivity index (χ0n) is 8.22. The second-order valence-electron chi connectivity index (χ2n) is 2.83. The first-order valence-electron chi connectivity index (χ1n) is 4.50. The number of amides is 1. The van der Waals surface area contributed by atoms with Crippen molar-refractivity contribution in [2.24, 2.45) is 0 Å². The van der Waals surface area contributed by atoms with E-state index in [0.29, 0.717) is 0 Å². The van der Waals surface area contributed by atoms with Crippen LogP contribution in [0.15, 0.2) is 0 Å². The largest absolute Gasteiger partial charge is 0.372 e. The van der Waals surface area contributed by atoms with Gasteiger partial charge in [0.05, 0.1) is 0 Å². The number of hydrogen-bond donors (Lipinski definition) is 1. The van der Waals surface area contributed by atoms with Gasteiger partial charge in [0.25, 0.3) is 0 Å². The van der Waals surface area contributed by atoms with Crippen molar-refractivity contribution >= 4 is 5.91 Å². The lowest BCUT2D eigenvalue weighted by atomic mass is 10.1. The fourth-order valence-electron chi connectivity index (χ4n) is 1.10. The molecule has 72 valence electrons. The lowest BCUT2D eigenvalue weighted by molar-refractivity contribution is -0.130. The van der Waals surface area contributed by atoms with Crippen molar-refractivity contribution in [1.29, 1.82) is 0 Å². The maximum absolute atomic E-state index is 11.1. The van der Waals surface area contributed by atoms with Gasteiger partial charge in [0.15, 0.2) is 0 Å². The molecule has 0 aliphatic heterocycles. The van der Waals surface area contributed by atoms with Crippen LogP contribution in [0.2, 0.25) is 0 Å². The number of carbonyl (C=O) groups excluding carboxylic acids is 1. The summed E-state index contributed by atoms with van der Waals surface area (Å²) in [5.74, 6) is -0.0198. The summed E-state index contributed by atoms with van der Waals surface area (Å²) in [5.41, 5.74) is 0. The Balaban J connectivity index is 3.60. The van der Waals surface area contributed by atoms with Crippen LogP contribution in [-0.4, -0.2) is 26.2 Å². The van der Waals surface area contributed by atoms with Gasteiger partial charge >= 0.3 is 0 Å². The molecule has 1 unspecified atom stereocenters. The van der Waals surface area contributed by atoms with Gasteiger partial charge in [-0.05, 0) is 6.42 Å². The summed E-state index contributed by atoms with van der Waals surface area (Å²) in [6, 6.07) is 0. The quantitative estimate of drug-likeness (QED) is 0.615. The Morgan fingerprint density at radius 2 is 2.17 bits per heavy atom. The van der Waals surface area contributed by atoms with Crippen LogP contribution in [0, 0.1) is 0 Å². The van der Waals surface area contributed by atoms with Gasteiger partial charge in [-0.3, -0.25) is 4.79 Å². The SMILES string of the molecule is CCCCCC(OC)C(=O)NC. The van der Waals surface area contributed by atoms with E-state index in [2.05, 4.69) is 12.2 Å². The van der Waals surface area contributed by atoms with Gasteiger partial charge in [-0.15, -0.1) is 0 Å². The van der Waals surface area contributed by atoms with E-state index in [9.17, 15) is 4.79 Å². The number of nitrogens with one attached hydrogen (secondary N) is 1.